The number of fused-ring (bicyclic) bond motifs is 1. The average molecular weight is 301 g/mol. The van der Waals surface area contributed by atoms with E-state index >= 15 is 0 Å². The summed E-state index contributed by atoms with van der Waals surface area (Å²) in [5, 5.41) is 3.12. The number of hydrogen-bond donors (Lipinski definition) is 0. The molecule has 4 heterocycles. The van der Waals surface area contributed by atoms with Crippen molar-refractivity contribution in [2.75, 3.05) is 24.5 Å². The molecule has 2 fully saturated rings. The summed E-state index contributed by atoms with van der Waals surface area (Å²) in [6, 6.07) is 0. The first-order valence-corrected chi connectivity index (χ1v) is 7.86. The third-order valence-corrected chi connectivity index (χ3v) is 4.98. The Labute approximate surface area is 126 Å². The Bertz CT molecular complexity index is 632. The first-order valence-electron chi connectivity index (χ1n) is 6.98. The lowest BCUT2D eigenvalue weighted by Gasteiger charge is -2.20. The third kappa shape index (κ3) is 2.32. The number of anilines is 1. The number of carbonyl (C=O) groups is 1. The number of hydrogen-bond acceptors (Lipinski definition) is 6. The number of rotatable bonds is 3. The molecule has 0 radical (unpaired) electrons. The number of thiazole rings is 1. The maximum atomic E-state index is 12.6. The van der Waals surface area contributed by atoms with Crippen LogP contribution in [0.2, 0.25) is 0 Å². The van der Waals surface area contributed by atoms with Crippen LogP contribution in [0.1, 0.15) is 5.01 Å². The van der Waals surface area contributed by atoms with Crippen LogP contribution in [0.3, 0.4) is 0 Å². The van der Waals surface area contributed by atoms with Crippen molar-refractivity contribution in [3.05, 3.63) is 35.3 Å². The molecule has 2 aromatic heterocycles. The van der Waals surface area contributed by atoms with Gasteiger partial charge in [0.2, 0.25) is 5.91 Å². The highest BCUT2D eigenvalue weighted by molar-refractivity contribution is 7.09. The van der Waals surface area contributed by atoms with Gasteiger partial charge in [-0.3, -0.25) is 9.69 Å². The highest BCUT2D eigenvalue weighted by Gasteiger charge is 2.46. The first-order chi connectivity index (χ1) is 10.3. The topological polar surface area (TPSA) is 62.2 Å². The lowest BCUT2D eigenvalue weighted by atomic mass is 10.0. The van der Waals surface area contributed by atoms with E-state index in [4.69, 9.17) is 0 Å². The van der Waals surface area contributed by atoms with Crippen molar-refractivity contribution < 1.29 is 4.79 Å². The summed E-state index contributed by atoms with van der Waals surface area (Å²) in [6.45, 7) is 3.41. The number of likely N-dealkylation sites (tertiary alicyclic amines) is 1. The van der Waals surface area contributed by atoms with E-state index in [0.29, 0.717) is 5.92 Å². The smallest absolute Gasteiger partial charge is 0.231 e. The Hall–Kier alpha value is -1.86. The molecule has 0 saturated carbocycles. The summed E-state index contributed by atoms with van der Waals surface area (Å²) in [7, 11) is 0. The molecule has 0 bridgehead atoms. The molecule has 0 N–H and O–H groups in total. The Morgan fingerprint density at radius 1 is 1.24 bits per heavy atom. The van der Waals surface area contributed by atoms with Crippen molar-refractivity contribution in [2.45, 2.75) is 6.54 Å². The molecule has 2 atom stereocenters. The molecule has 2 aromatic rings. The summed E-state index contributed by atoms with van der Waals surface area (Å²) < 4.78 is 0. The molecule has 0 spiro atoms. The normalized spacial score (nSPS) is 25.5. The van der Waals surface area contributed by atoms with Gasteiger partial charge in [-0.2, -0.15) is 0 Å². The minimum Gasteiger partial charge on any atom is -0.309 e. The fourth-order valence-electron chi connectivity index (χ4n) is 3.26. The van der Waals surface area contributed by atoms with E-state index in [1.807, 2.05) is 16.5 Å². The van der Waals surface area contributed by atoms with Gasteiger partial charge in [-0.05, 0) is 0 Å². The second-order valence-electron chi connectivity index (χ2n) is 5.53. The molecule has 7 heteroatoms. The fourth-order valence-corrected chi connectivity index (χ4v) is 3.92. The van der Waals surface area contributed by atoms with E-state index < -0.39 is 0 Å². The van der Waals surface area contributed by atoms with Crippen LogP contribution in [0, 0.1) is 11.8 Å². The van der Waals surface area contributed by atoms with Crippen molar-refractivity contribution >= 4 is 22.9 Å². The van der Waals surface area contributed by atoms with Crippen LogP contribution in [0.4, 0.5) is 5.69 Å². The minimum atomic E-state index is 0.102. The zero-order valence-electron chi connectivity index (χ0n) is 11.4. The van der Waals surface area contributed by atoms with Crippen LogP contribution >= 0.6 is 11.3 Å². The highest BCUT2D eigenvalue weighted by Crippen LogP contribution is 2.35. The van der Waals surface area contributed by atoms with E-state index in [-0.39, 0.29) is 11.8 Å². The Balaban J connectivity index is 1.45. The lowest BCUT2D eigenvalue weighted by Crippen LogP contribution is -2.32. The van der Waals surface area contributed by atoms with Gasteiger partial charge in [0.25, 0.3) is 0 Å². The Morgan fingerprint density at radius 2 is 2.10 bits per heavy atom. The molecule has 2 aliphatic rings. The molecule has 108 valence electrons. The van der Waals surface area contributed by atoms with Gasteiger partial charge in [-0.1, -0.05) is 0 Å². The number of nitrogens with zero attached hydrogens (tertiary/aromatic N) is 5. The quantitative estimate of drug-likeness (QED) is 0.847. The number of carbonyl (C=O) groups excluding carboxylic acids is 1. The van der Waals surface area contributed by atoms with Gasteiger partial charge in [0, 0.05) is 37.1 Å². The Morgan fingerprint density at radius 3 is 2.81 bits per heavy atom. The van der Waals surface area contributed by atoms with Crippen LogP contribution in [0.5, 0.6) is 0 Å². The molecular formula is C14H15N5OS. The van der Waals surface area contributed by atoms with Crippen molar-refractivity contribution in [1.29, 1.82) is 0 Å². The predicted molar refractivity (Wildman–Crippen MR) is 78.8 cm³/mol. The highest BCUT2D eigenvalue weighted by atomic mass is 32.1. The zero-order valence-corrected chi connectivity index (χ0v) is 12.2. The fraction of sp³-hybridized carbons (Fsp3) is 0.429. The minimum absolute atomic E-state index is 0.102. The van der Waals surface area contributed by atoms with E-state index in [0.717, 1.165) is 36.9 Å². The summed E-state index contributed by atoms with van der Waals surface area (Å²) in [6.07, 6.45) is 6.73. The molecule has 4 rings (SSSR count). The van der Waals surface area contributed by atoms with E-state index in [9.17, 15) is 4.79 Å². The molecule has 21 heavy (non-hydrogen) atoms. The van der Waals surface area contributed by atoms with Gasteiger partial charge >= 0.3 is 0 Å². The lowest BCUT2D eigenvalue weighted by molar-refractivity contribution is -0.120. The first kappa shape index (κ1) is 12.8. The van der Waals surface area contributed by atoms with Crippen LogP contribution in [-0.4, -0.2) is 45.4 Å². The van der Waals surface area contributed by atoms with Crippen LogP contribution in [0.25, 0.3) is 0 Å². The molecule has 0 aromatic carbocycles. The van der Waals surface area contributed by atoms with E-state index in [1.54, 1.807) is 23.7 Å². The average Bonchev–Trinajstić information content (AvgIpc) is 3.20. The van der Waals surface area contributed by atoms with Gasteiger partial charge < -0.3 is 4.90 Å². The molecule has 2 saturated heterocycles. The van der Waals surface area contributed by atoms with Crippen LogP contribution in [-0.2, 0) is 11.3 Å². The van der Waals surface area contributed by atoms with Gasteiger partial charge in [-0.15, -0.1) is 11.3 Å². The Kier molecular flexibility index (Phi) is 3.16. The number of aromatic nitrogens is 3. The molecular weight excluding hydrogens is 286 g/mol. The van der Waals surface area contributed by atoms with Gasteiger partial charge in [0.15, 0.2) is 0 Å². The SMILES string of the molecule is O=C1[C@@H]2CN(Cc3nccs3)C[C@@H]2CN1c1cncnc1. The molecule has 0 aliphatic carbocycles. The summed E-state index contributed by atoms with van der Waals surface area (Å²) in [5.74, 6) is 0.708. The van der Waals surface area contributed by atoms with E-state index in [2.05, 4.69) is 19.9 Å². The molecule has 2 aliphatic heterocycles. The third-order valence-electron chi connectivity index (χ3n) is 4.22. The van der Waals surface area contributed by atoms with Crippen LogP contribution in [0.15, 0.2) is 30.3 Å². The van der Waals surface area contributed by atoms with Crippen molar-refractivity contribution in [1.82, 2.24) is 19.9 Å². The predicted octanol–water partition coefficient (Wildman–Crippen LogP) is 1.03. The standard InChI is InChI=1S/C14H15N5OS/c20-14-12-7-18(8-13-17-1-2-21-13)5-10(12)6-19(14)11-3-15-9-16-4-11/h1-4,9-10,12H,5-8H2/t10-,12-/m1/s1. The maximum absolute atomic E-state index is 12.6. The summed E-state index contributed by atoms with van der Waals surface area (Å²) in [4.78, 5) is 29.1. The monoisotopic (exact) mass is 301 g/mol. The van der Waals surface area contributed by atoms with Gasteiger partial charge in [0.05, 0.1) is 30.5 Å². The number of amides is 1. The van der Waals surface area contributed by atoms with Gasteiger partial charge in [0.1, 0.15) is 11.3 Å². The maximum Gasteiger partial charge on any atom is 0.231 e. The summed E-state index contributed by atoms with van der Waals surface area (Å²) in [5.41, 5.74) is 0.809. The van der Waals surface area contributed by atoms with E-state index in [1.165, 1.54) is 6.33 Å². The second kappa shape index (κ2) is 5.16. The molecule has 1 amide bonds. The summed E-state index contributed by atoms with van der Waals surface area (Å²) >= 11 is 1.67. The van der Waals surface area contributed by atoms with Crippen molar-refractivity contribution in [2.24, 2.45) is 11.8 Å². The van der Waals surface area contributed by atoms with Crippen LogP contribution < -0.4 is 4.90 Å². The molecule has 0 unspecified atom stereocenters. The zero-order chi connectivity index (χ0) is 14.2. The van der Waals surface area contributed by atoms with Gasteiger partial charge in [-0.25, -0.2) is 15.0 Å². The second-order valence-corrected chi connectivity index (χ2v) is 6.51. The molecule has 6 nitrogen and oxygen atoms in total. The van der Waals surface area contributed by atoms with Crippen molar-refractivity contribution in [3.8, 4) is 0 Å². The largest absolute Gasteiger partial charge is 0.309 e. The van der Waals surface area contributed by atoms with Crippen molar-refractivity contribution in [3.63, 3.8) is 0 Å².